The highest BCUT2D eigenvalue weighted by atomic mass is 16.5. The molecule has 30 heavy (non-hydrogen) atoms. The number of carbonyl (C=O) groups excluding carboxylic acids is 4. The molecule has 1 atom stereocenters. The average molecular weight is 418 g/mol. The fourth-order valence-corrected chi connectivity index (χ4v) is 3.07. The maximum Gasteiger partial charge on any atom is 0.302 e. The number of nitrogens with one attached hydrogen (secondary N) is 2. The molecule has 0 unspecified atom stereocenters. The van der Waals surface area contributed by atoms with E-state index in [9.17, 15) is 19.2 Å². The second-order valence-corrected chi connectivity index (χ2v) is 6.95. The molecular weight excluding hydrogens is 392 g/mol. The Labute approximate surface area is 174 Å². The number of amidine groups is 1. The van der Waals surface area contributed by atoms with Crippen molar-refractivity contribution in [2.75, 3.05) is 19.7 Å². The number of piperidine rings is 1. The SMILES string of the molecule is CC(=O)OC[C@H](NC(=O)c1ccc(C(=N)N)cc1)C(=O)N1CCC(OC(C)=O)CC1. The second-order valence-electron chi connectivity index (χ2n) is 6.95. The van der Waals surface area contributed by atoms with Gasteiger partial charge in [0.15, 0.2) is 0 Å². The Hall–Kier alpha value is -3.43. The minimum atomic E-state index is -1.06. The Morgan fingerprint density at radius 2 is 1.67 bits per heavy atom. The third kappa shape index (κ3) is 6.57. The van der Waals surface area contributed by atoms with Gasteiger partial charge in [0.05, 0.1) is 0 Å². The van der Waals surface area contributed by atoms with Gasteiger partial charge in [0.25, 0.3) is 5.91 Å². The molecule has 0 radical (unpaired) electrons. The molecule has 10 nitrogen and oxygen atoms in total. The summed E-state index contributed by atoms with van der Waals surface area (Å²) < 4.78 is 10.1. The van der Waals surface area contributed by atoms with Crippen molar-refractivity contribution in [3.63, 3.8) is 0 Å². The number of ether oxygens (including phenoxy) is 2. The lowest BCUT2D eigenvalue weighted by atomic mass is 10.1. The Morgan fingerprint density at radius 3 is 2.17 bits per heavy atom. The first-order chi connectivity index (χ1) is 14.2. The van der Waals surface area contributed by atoms with Crippen LogP contribution in [0.5, 0.6) is 0 Å². The van der Waals surface area contributed by atoms with E-state index in [4.69, 9.17) is 20.6 Å². The normalized spacial score (nSPS) is 15.1. The third-order valence-corrected chi connectivity index (χ3v) is 4.60. The van der Waals surface area contributed by atoms with Crippen molar-refractivity contribution in [3.8, 4) is 0 Å². The summed E-state index contributed by atoms with van der Waals surface area (Å²) in [5.41, 5.74) is 6.14. The van der Waals surface area contributed by atoms with E-state index in [1.807, 2.05) is 0 Å². The zero-order valence-corrected chi connectivity index (χ0v) is 17.0. The number of hydrogen-bond acceptors (Lipinski definition) is 7. The summed E-state index contributed by atoms with van der Waals surface area (Å²) in [6.45, 7) is 2.97. The lowest BCUT2D eigenvalue weighted by Crippen LogP contribution is -2.53. The predicted octanol–water partition coefficient (Wildman–Crippen LogP) is 0.186. The number of carbonyl (C=O) groups is 4. The number of likely N-dealkylation sites (tertiary alicyclic amines) is 1. The van der Waals surface area contributed by atoms with Crippen LogP contribution in [0.4, 0.5) is 0 Å². The Bertz CT molecular complexity index is 815. The van der Waals surface area contributed by atoms with E-state index in [1.54, 1.807) is 4.90 Å². The van der Waals surface area contributed by atoms with E-state index in [-0.39, 0.29) is 36.0 Å². The van der Waals surface area contributed by atoms with Crippen LogP contribution in [-0.4, -0.2) is 66.3 Å². The van der Waals surface area contributed by atoms with Gasteiger partial charge < -0.3 is 25.4 Å². The molecule has 1 fully saturated rings. The summed E-state index contributed by atoms with van der Waals surface area (Å²) in [6.07, 6.45) is 0.742. The van der Waals surface area contributed by atoms with E-state index in [1.165, 1.54) is 38.1 Å². The van der Waals surface area contributed by atoms with Crippen molar-refractivity contribution >= 4 is 29.6 Å². The largest absolute Gasteiger partial charge is 0.463 e. The van der Waals surface area contributed by atoms with Crippen molar-refractivity contribution in [1.82, 2.24) is 10.2 Å². The Kier molecular flexibility index (Phi) is 7.90. The van der Waals surface area contributed by atoms with Gasteiger partial charge in [0.2, 0.25) is 5.91 Å². The Balaban J connectivity index is 2.04. The number of rotatable bonds is 7. The summed E-state index contributed by atoms with van der Waals surface area (Å²) in [4.78, 5) is 49.3. The lowest BCUT2D eigenvalue weighted by Gasteiger charge is -2.33. The van der Waals surface area contributed by atoms with Crippen LogP contribution < -0.4 is 11.1 Å². The fourth-order valence-electron chi connectivity index (χ4n) is 3.07. The van der Waals surface area contributed by atoms with Gasteiger partial charge in [-0.3, -0.25) is 24.6 Å². The molecule has 2 rings (SSSR count). The molecule has 1 aromatic rings. The minimum Gasteiger partial charge on any atom is -0.463 e. The van der Waals surface area contributed by atoms with Crippen LogP contribution >= 0.6 is 0 Å². The first kappa shape index (κ1) is 22.9. The highest BCUT2D eigenvalue weighted by molar-refractivity contribution is 5.99. The number of hydrogen-bond donors (Lipinski definition) is 3. The first-order valence-electron chi connectivity index (χ1n) is 9.52. The van der Waals surface area contributed by atoms with Crippen molar-refractivity contribution in [3.05, 3.63) is 35.4 Å². The number of esters is 2. The minimum absolute atomic E-state index is 0.123. The van der Waals surface area contributed by atoms with Gasteiger partial charge in [-0.05, 0) is 12.1 Å². The first-order valence-corrected chi connectivity index (χ1v) is 9.52. The van der Waals surface area contributed by atoms with Gasteiger partial charge >= 0.3 is 11.9 Å². The number of nitrogens with two attached hydrogens (primary N) is 1. The van der Waals surface area contributed by atoms with Crippen LogP contribution in [0.1, 0.15) is 42.6 Å². The summed E-state index contributed by atoms with van der Waals surface area (Å²) in [7, 11) is 0. The smallest absolute Gasteiger partial charge is 0.302 e. The zero-order valence-electron chi connectivity index (χ0n) is 17.0. The van der Waals surface area contributed by atoms with E-state index in [0.29, 0.717) is 31.5 Å². The molecular formula is C20H26N4O6. The monoisotopic (exact) mass is 418 g/mol. The quantitative estimate of drug-likeness (QED) is 0.325. The van der Waals surface area contributed by atoms with Crippen molar-refractivity contribution < 1.29 is 28.7 Å². The number of benzene rings is 1. The number of nitrogen functional groups attached to an aromatic ring is 1. The van der Waals surface area contributed by atoms with E-state index < -0.39 is 17.9 Å². The summed E-state index contributed by atoms with van der Waals surface area (Å²) in [6, 6.07) is 4.98. The van der Waals surface area contributed by atoms with Crippen LogP contribution in [0.3, 0.4) is 0 Å². The molecule has 1 aliphatic heterocycles. The van der Waals surface area contributed by atoms with Crippen LogP contribution in [0.25, 0.3) is 0 Å². The van der Waals surface area contributed by atoms with Crippen LogP contribution in [-0.2, 0) is 23.9 Å². The maximum absolute atomic E-state index is 12.9. The maximum atomic E-state index is 12.9. The molecule has 0 saturated carbocycles. The van der Waals surface area contributed by atoms with E-state index in [0.717, 1.165) is 0 Å². The molecule has 0 aromatic heterocycles. The molecule has 10 heteroatoms. The number of amides is 2. The van der Waals surface area contributed by atoms with Crippen LogP contribution in [0, 0.1) is 5.41 Å². The molecule has 4 N–H and O–H groups in total. The van der Waals surface area contributed by atoms with Gasteiger partial charge in [-0.15, -0.1) is 0 Å². The molecule has 1 saturated heterocycles. The van der Waals surface area contributed by atoms with Gasteiger partial charge in [-0.2, -0.15) is 0 Å². The third-order valence-electron chi connectivity index (χ3n) is 4.60. The summed E-state index contributed by atoms with van der Waals surface area (Å²) in [5.74, 6) is -1.96. The highest BCUT2D eigenvalue weighted by Crippen LogP contribution is 2.15. The second kappa shape index (κ2) is 10.4. The molecule has 1 heterocycles. The van der Waals surface area contributed by atoms with Crippen molar-refractivity contribution in [2.24, 2.45) is 5.73 Å². The molecule has 162 valence electrons. The van der Waals surface area contributed by atoms with E-state index in [2.05, 4.69) is 5.32 Å². The fraction of sp³-hybridized carbons (Fsp3) is 0.450. The molecule has 1 aliphatic rings. The van der Waals surface area contributed by atoms with Gasteiger partial charge in [-0.1, -0.05) is 12.1 Å². The van der Waals surface area contributed by atoms with Crippen LogP contribution in [0.15, 0.2) is 24.3 Å². The molecule has 1 aromatic carbocycles. The lowest BCUT2D eigenvalue weighted by molar-refractivity contribution is -0.150. The average Bonchev–Trinajstić information content (AvgIpc) is 2.70. The van der Waals surface area contributed by atoms with Crippen LogP contribution in [0.2, 0.25) is 0 Å². The van der Waals surface area contributed by atoms with Gasteiger partial charge in [-0.25, -0.2) is 0 Å². The summed E-state index contributed by atoms with van der Waals surface area (Å²) >= 11 is 0. The molecule has 0 spiro atoms. The summed E-state index contributed by atoms with van der Waals surface area (Å²) in [5, 5.41) is 9.99. The Morgan fingerprint density at radius 1 is 1.10 bits per heavy atom. The molecule has 0 bridgehead atoms. The van der Waals surface area contributed by atoms with Gasteiger partial charge in [0, 0.05) is 50.9 Å². The topological polar surface area (TPSA) is 152 Å². The molecule has 0 aliphatic carbocycles. The molecule has 2 amide bonds. The van der Waals surface area contributed by atoms with Crippen molar-refractivity contribution in [2.45, 2.75) is 38.8 Å². The van der Waals surface area contributed by atoms with Crippen molar-refractivity contribution in [1.29, 1.82) is 5.41 Å². The van der Waals surface area contributed by atoms with Gasteiger partial charge in [0.1, 0.15) is 24.6 Å². The highest BCUT2D eigenvalue weighted by Gasteiger charge is 2.31. The zero-order chi connectivity index (χ0) is 22.3. The van der Waals surface area contributed by atoms with E-state index >= 15 is 0 Å². The number of nitrogens with zero attached hydrogens (tertiary/aromatic N) is 1. The predicted molar refractivity (Wildman–Crippen MR) is 107 cm³/mol. The standard InChI is InChI=1S/C20H26N4O6/c1-12(25)29-11-17(20(28)24-9-7-16(8-10-24)30-13(2)26)23-19(27)15-5-3-14(4-6-15)18(21)22/h3-6,16-17H,7-11H2,1-2H3,(H3,21,22)(H,23,27)/t17-/m0/s1.